The van der Waals surface area contributed by atoms with Crippen LogP contribution in [0.4, 0.5) is 4.39 Å². The quantitative estimate of drug-likeness (QED) is 0.852. The molecule has 1 aromatic rings. The first-order chi connectivity index (χ1) is 12.4. The molecule has 1 aliphatic heterocycles. The van der Waals surface area contributed by atoms with E-state index in [4.69, 9.17) is 0 Å². The van der Waals surface area contributed by atoms with Crippen molar-refractivity contribution in [3.05, 3.63) is 35.6 Å². The fourth-order valence-corrected chi connectivity index (χ4v) is 3.47. The second-order valence-corrected chi connectivity index (χ2v) is 6.95. The molecule has 0 aromatic heterocycles. The van der Waals surface area contributed by atoms with Gasteiger partial charge in [0.25, 0.3) is 0 Å². The Bertz CT molecular complexity index is 710. The van der Waals surface area contributed by atoms with E-state index in [0.717, 1.165) is 0 Å². The highest BCUT2D eigenvalue weighted by molar-refractivity contribution is 5.91. The largest absolute Gasteiger partial charge is 0.355 e. The second kappa shape index (κ2) is 7.43. The van der Waals surface area contributed by atoms with Crippen LogP contribution < -0.4 is 5.32 Å². The topological polar surface area (TPSA) is 69.7 Å². The number of hydrogen-bond acceptors (Lipinski definition) is 3. The average molecular weight is 361 g/mol. The van der Waals surface area contributed by atoms with E-state index in [0.29, 0.717) is 44.6 Å². The van der Waals surface area contributed by atoms with Crippen LogP contribution in [0.5, 0.6) is 0 Å². The van der Waals surface area contributed by atoms with Crippen LogP contribution in [0.3, 0.4) is 0 Å². The minimum Gasteiger partial charge on any atom is -0.355 e. The zero-order valence-electron chi connectivity index (χ0n) is 15.0. The molecule has 2 fully saturated rings. The van der Waals surface area contributed by atoms with Crippen molar-refractivity contribution in [3.63, 3.8) is 0 Å². The molecule has 1 heterocycles. The summed E-state index contributed by atoms with van der Waals surface area (Å²) in [6, 6.07) is 6.36. The summed E-state index contributed by atoms with van der Waals surface area (Å²) in [6.45, 7) is 3.89. The Morgan fingerprint density at radius 3 is 2.27 bits per heavy atom. The van der Waals surface area contributed by atoms with E-state index in [2.05, 4.69) is 5.32 Å². The van der Waals surface area contributed by atoms with Crippen LogP contribution in [0.25, 0.3) is 0 Å². The van der Waals surface area contributed by atoms with Crippen LogP contribution in [0, 0.1) is 5.82 Å². The maximum Gasteiger partial charge on any atom is 0.230 e. The monoisotopic (exact) mass is 361 g/mol. The van der Waals surface area contributed by atoms with Gasteiger partial charge in [-0.05, 0) is 18.9 Å². The second-order valence-electron chi connectivity index (χ2n) is 6.95. The molecule has 1 aliphatic carbocycles. The van der Waals surface area contributed by atoms with E-state index >= 15 is 0 Å². The molecule has 0 atom stereocenters. The summed E-state index contributed by atoms with van der Waals surface area (Å²) in [5.41, 5.74) is -0.342. The lowest BCUT2D eigenvalue weighted by atomic mass is 9.94. The van der Waals surface area contributed by atoms with E-state index in [1.807, 2.05) is 0 Å². The van der Waals surface area contributed by atoms with Gasteiger partial charge in [-0.25, -0.2) is 4.39 Å². The minimum atomic E-state index is -0.776. The maximum atomic E-state index is 14.0. The minimum absolute atomic E-state index is 0.0206. The van der Waals surface area contributed by atoms with Gasteiger partial charge in [0, 0.05) is 51.6 Å². The molecule has 1 N–H and O–H groups in total. The van der Waals surface area contributed by atoms with Crippen molar-refractivity contribution in [2.45, 2.75) is 31.6 Å². The van der Waals surface area contributed by atoms with Gasteiger partial charge in [0.05, 0.1) is 5.41 Å². The van der Waals surface area contributed by atoms with Gasteiger partial charge < -0.3 is 15.1 Å². The molecule has 0 spiro atoms. The Balaban J connectivity index is 1.47. The first-order valence-electron chi connectivity index (χ1n) is 9.01. The molecule has 140 valence electrons. The highest BCUT2D eigenvalue weighted by atomic mass is 19.1. The third kappa shape index (κ3) is 3.71. The molecule has 6 nitrogen and oxygen atoms in total. The lowest BCUT2D eigenvalue weighted by molar-refractivity contribution is -0.138. The van der Waals surface area contributed by atoms with Crippen LogP contribution >= 0.6 is 0 Å². The van der Waals surface area contributed by atoms with Gasteiger partial charge in [-0.2, -0.15) is 0 Å². The van der Waals surface area contributed by atoms with Crippen LogP contribution in [-0.4, -0.2) is 60.2 Å². The molecule has 0 bridgehead atoms. The van der Waals surface area contributed by atoms with Crippen molar-refractivity contribution in [3.8, 4) is 0 Å². The van der Waals surface area contributed by atoms with Crippen molar-refractivity contribution in [1.29, 1.82) is 0 Å². The van der Waals surface area contributed by atoms with Crippen molar-refractivity contribution in [2.75, 3.05) is 32.7 Å². The SMILES string of the molecule is CC(=O)N1CCN(C(=O)CCNC(=O)C2(c3ccccc3F)CC2)CC1. The Labute approximate surface area is 152 Å². The standard InChI is InChI=1S/C19H24FN3O3/c1-14(24)22-10-12-23(13-11-22)17(25)6-9-21-18(26)19(7-8-19)15-4-2-3-5-16(15)20/h2-5H,6-13H2,1H3,(H,21,26). The lowest BCUT2D eigenvalue weighted by Gasteiger charge is -2.34. The molecular formula is C19H24FN3O3. The summed E-state index contributed by atoms with van der Waals surface area (Å²) in [5.74, 6) is -0.590. The van der Waals surface area contributed by atoms with Gasteiger partial charge in [0.15, 0.2) is 0 Å². The van der Waals surface area contributed by atoms with Gasteiger partial charge in [-0.1, -0.05) is 18.2 Å². The lowest BCUT2D eigenvalue weighted by Crippen LogP contribution is -2.50. The van der Waals surface area contributed by atoms with Gasteiger partial charge in [-0.3, -0.25) is 14.4 Å². The summed E-state index contributed by atoms with van der Waals surface area (Å²) < 4.78 is 14.0. The number of carbonyl (C=O) groups excluding carboxylic acids is 3. The Kier molecular flexibility index (Phi) is 5.25. The van der Waals surface area contributed by atoms with Crippen LogP contribution in [0.2, 0.25) is 0 Å². The number of benzene rings is 1. The summed E-state index contributed by atoms with van der Waals surface area (Å²) in [5, 5.41) is 2.79. The third-order valence-corrected chi connectivity index (χ3v) is 5.28. The number of nitrogens with zero attached hydrogens (tertiary/aromatic N) is 2. The smallest absolute Gasteiger partial charge is 0.230 e. The molecule has 1 saturated carbocycles. The number of piperazine rings is 1. The number of halogens is 1. The predicted octanol–water partition coefficient (Wildman–Crippen LogP) is 1.05. The molecule has 7 heteroatoms. The zero-order valence-corrected chi connectivity index (χ0v) is 15.0. The van der Waals surface area contributed by atoms with Crippen LogP contribution in [0.1, 0.15) is 31.7 Å². The summed E-state index contributed by atoms with van der Waals surface area (Å²) in [4.78, 5) is 39.5. The maximum absolute atomic E-state index is 14.0. The average Bonchev–Trinajstić information content (AvgIpc) is 3.44. The fraction of sp³-hybridized carbons (Fsp3) is 0.526. The molecule has 26 heavy (non-hydrogen) atoms. The van der Waals surface area contributed by atoms with E-state index in [-0.39, 0.29) is 36.5 Å². The first-order valence-corrected chi connectivity index (χ1v) is 9.01. The van der Waals surface area contributed by atoms with E-state index in [1.54, 1.807) is 28.0 Å². The first kappa shape index (κ1) is 18.4. The van der Waals surface area contributed by atoms with Crippen molar-refractivity contribution in [1.82, 2.24) is 15.1 Å². The highest BCUT2D eigenvalue weighted by Gasteiger charge is 2.52. The molecule has 3 amide bonds. The van der Waals surface area contributed by atoms with E-state index < -0.39 is 5.41 Å². The van der Waals surface area contributed by atoms with Crippen molar-refractivity contribution in [2.24, 2.45) is 0 Å². The van der Waals surface area contributed by atoms with Crippen molar-refractivity contribution < 1.29 is 18.8 Å². The van der Waals surface area contributed by atoms with E-state index in [1.165, 1.54) is 13.0 Å². The molecule has 1 aromatic carbocycles. The number of hydrogen-bond donors (Lipinski definition) is 1. The molecular weight excluding hydrogens is 337 g/mol. The number of rotatable bonds is 5. The zero-order chi connectivity index (χ0) is 18.7. The third-order valence-electron chi connectivity index (χ3n) is 5.28. The molecule has 3 rings (SSSR count). The number of amides is 3. The highest BCUT2D eigenvalue weighted by Crippen LogP contribution is 2.49. The summed E-state index contributed by atoms with van der Waals surface area (Å²) >= 11 is 0. The normalized spacial score (nSPS) is 18.4. The summed E-state index contributed by atoms with van der Waals surface area (Å²) in [7, 11) is 0. The number of carbonyl (C=O) groups is 3. The molecule has 1 saturated heterocycles. The Morgan fingerprint density at radius 2 is 1.69 bits per heavy atom. The molecule has 0 unspecified atom stereocenters. The Morgan fingerprint density at radius 1 is 1.08 bits per heavy atom. The number of nitrogens with one attached hydrogen (secondary N) is 1. The Hall–Kier alpha value is -2.44. The van der Waals surface area contributed by atoms with E-state index in [9.17, 15) is 18.8 Å². The van der Waals surface area contributed by atoms with Crippen LogP contribution in [-0.2, 0) is 19.8 Å². The molecule has 2 aliphatic rings. The van der Waals surface area contributed by atoms with Gasteiger partial charge in [0.2, 0.25) is 17.7 Å². The van der Waals surface area contributed by atoms with Crippen molar-refractivity contribution >= 4 is 17.7 Å². The molecule has 0 radical (unpaired) electrons. The van der Waals surface area contributed by atoms with Gasteiger partial charge >= 0.3 is 0 Å². The fourth-order valence-electron chi connectivity index (χ4n) is 3.47. The van der Waals surface area contributed by atoms with Crippen LogP contribution in [0.15, 0.2) is 24.3 Å². The van der Waals surface area contributed by atoms with Gasteiger partial charge in [-0.15, -0.1) is 0 Å². The predicted molar refractivity (Wildman–Crippen MR) is 93.8 cm³/mol. The van der Waals surface area contributed by atoms with Gasteiger partial charge in [0.1, 0.15) is 5.82 Å². The summed E-state index contributed by atoms with van der Waals surface area (Å²) in [6.07, 6.45) is 1.46.